The molecule has 1 aliphatic heterocycles. The third kappa shape index (κ3) is 4.90. The third-order valence-corrected chi connectivity index (χ3v) is 6.32. The van der Waals surface area contributed by atoms with E-state index in [1.807, 2.05) is 0 Å². The molecule has 0 bridgehead atoms. The number of carbonyl (C=O) groups excluding carboxylic acids is 3. The van der Waals surface area contributed by atoms with Gasteiger partial charge in [-0.3, -0.25) is 24.3 Å². The number of nitrogen functional groups attached to an aromatic ring is 1. The van der Waals surface area contributed by atoms with Gasteiger partial charge in [0.15, 0.2) is 5.69 Å². The van der Waals surface area contributed by atoms with E-state index < -0.39 is 23.8 Å². The second kappa shape index (κ2) is 10.4. The monoisotopic (exact) mass is 480 g/mol. The fourth-order valence-electron chi connectivity index (χ4n) is 3.79. The number of nitrogens with zero attached hydrogens (tertiary/aromatic N) is 3. The van der Waals surface area contributed by atoms with Gasteiger partial charge in [0.05, 0.1) is 11.8 Å². The molecule has 1 saturated heterocycles. The first-order chi connectivity index (χ1) is 16.5. The summed E-state index contributed by atoms with van der Waals surface area (Å²) in [5, 5.41) is 2.92. The average molecular weight is 481 g/mol. The Labute approximate surface area is 200 Å². The number of carbonyl (C=O) groups is 3. The second-order valence-electron chi connectivity index (χ2n) is 7.71. The number of aromatic nitrogens is 2. The number of hydrogen-bond donors (Lipinski definition) is 3. The van der Waals surface area contributed by atoms with Gasteiger partial charge in [0.2, 0.25) is 5.91 Å². The molecule has 0 aliphatic carbocycles. The molecule has 34 heavy (non-hydrogen) atoms. The van der Waals surface area contributed by atoms with E-state index >= 15 is 0 Å². The van der Waals surface area contributed by atoms with Crippen LogP contribution in [0.5, 0.6) is 0 Å². The first kappa shape index (κ1) is 23.3. The fourth-order valence-corrected chi connectivity index (χ4v) is 4.53. The van der Waals surface area contributed by atoms with E-state index in [-0.39, 0.29) is 22.4 Å². The van der Waals surface area contributed by atoms with Gasteiger partial charge in [0.1, 0.15) is 10.9 Å². The molecule has 1 fully saturated rings. The Morgan fingerprint density at radius 3 is 2.53 bits per heavy atom. The summed E-state index contributed by atoms with van der Waals surface area (Å²) in [4.78, 5) is 44.4. The lowest BCUT2D eigenvalue weighted by Gasteiger charge is -2.31. The molecule has 10 nitrogen and oxygen atoms in total. The Kier molecular flexibility index (Phi) is 7.14. The van der Waals surface area contributed by atoms with Crippen molar-refractivity contribution in [1.82, 2.24) is 14.7 Å². The van der Waals surface area contributed by atoms with Gasteiger partial charge >= 0.3 is 0 Å². The van der Waals surface area contributed by atoms with Crippen LogP contribution < -0.4 is 21.7 Å². The van der Waals surface area contributed by atoms with Crippen molar-refractivity contribution in [1.29, 1.82) is 0 Å². The van der Waals surface area contributed by atoms with E-state index in [9.17, 15) is 14.4 Å². The van der Waals surface area contributed by atoms with E-state index in [1.54, 1.807) is 54.9 Å². The molecule has 0 radical (unpaired) electrons. The molecule has 5 N–H and O–H groups in total. The lowest BCUT2D eigenvalue weighted by molar-refractivity contribution is -0.123. The summed E-state index contributed by atoms with van der Waals surface area (Å²) in [6, 6.07) is 11.0. The molecule has 0 saturated carbocycles. The fraction of sp³-hybridized carbons (Fsp3) is 0.261. The number of primary amides is 1. The summed E-state index contributed by atoms with van der Waals surface area (Å²) in [6.07, 6.45) is 4.83. The minimum atomic E-state index is -1.04. The number of para-hydroxylation sites is 1. The minimum absolute atomic E-state index is 0.0173. The highest BCUT2D eigenvalue weighted by Crippen LogP contribution is 2.32. The molecule has 176 valence electrons. The van der Waals surface area contributed by atoms with Crippen LogP contribution in [-0.4, -0.2) is 46.3 Å². The van der Waals surface area contributed by atoms with Crippen molar-refractivity contribution in [2.45, 2.75) is 25.0 Å². The number of rotatable bonds is 8. The molecule has 3 heterocycles. The van der Waals surface area contributed by atoms with Gasteiger partial charge < -0.3 is 21.5 Å². The van der Waals surface area contributed by atoms with Crippen molar-refractivity contribution in [3.05, 3.63) is 71.0 Å². The Morgan fingerprint density at radius 1 is 1.18 bits per heavy atom. The van der Waals surface area contributed by atoms with E-state index in [4.69, 9.17) is 16.2 Å². The topological polar surface area (TPSA) is 154 Å². The highest BCUT2D eigenvalue weighted by Gasteiger charge is 2.36. The smallest absolute Gasteiger partial charge is 0.273 e. The van der Waals surface area contributed by atoms with Gasteiger partial charge in [-0.05, 0) is 54.2 Å². The van der Waals surface area contributed by atoms with Crippen LogP contribution in [0, 0.1) is 0 Å². The Balaban J connectivity index is 1.76. The van der Waals surface area contributed by atoms with Crippen LogP contribution in [-0.2, 0) is 9.53 Å². The van der Waals surface area contributed by atoms with Gasteiger partial charge in [-0.15, -0.1) is 0 Å². The third-order valence-electron chi connectivity index (χ3n) is 5.47. The number of nitrogens with two attached hydrogens (primary N) is 2. The lowest BCUT2D eigenvalue weighted by atomic mass is 10.0. The van der Waals surface area contributed by atoms with E-state index in [0.717, 1.165) is 24.4 Å². The molecule has 3 amide bonds. The standard InChI is InChI=1S/C23H24N6O4S/c24-17-18(21(25)30)28-34-20(17)23(32)29(15-5-2-1-3-6-15)19(14-8-10-26-11-9-14)22(31)27-13-16-7-4-12-33-16/h1-3,5-6,8-11,16,19H,4,7,12-13,24H2,(H2,25,30)(H,27,31)/t16-,19+/m0/s1. The molecule has 2 atom stereocenters. The first-order valence-corrected chi connectivity index (χ1v) is 11.5. The Hall–Kier alpha value is -3.83. The SMILES string of the molecule is NC(=O)c1nsc(C(=O)N(c2ccccc2)[C@@H](C(=O)NC[C@@H]2CCCO2)c2ccncc2)c1N. The Bertz CT molecular complexity index is 1160. The molecule has 1 aliphatic rings. The summed E-state index contributed by atoms with van der Waals surface area (Å²) in [7, 11) is 0. The molecule has 0 unspecified atom stereocenters. The molecular formula is C23H24N6O4S. The van der Waals surface area contributed by atoms with Crippen LogP contribution in [0.25, 0.3) is 0 Å². The maximum Gasteiger partial charge on any atom is 0.273 e. The summed E-state index contributed by atoms with van der Waals surface area (Å²) in [5.74, 6) is -1.81. The Morgan fingerprint density at radius 2 is 1.91 bits per heavy atom. The number of anilines is 2. The van der Waals surface area contributed by atoms with Crippen molar-refractivity contribution >= 4 is 40.6 Å². The summed E-state index contributed by atoms with van der Waals surface area (Å²) < 4.78 is 9.56. The van der Waals surface area contributed by atoms with Crippen LogP contribution in [0.3, 0.4) is 0 Å². The number of nitrogens with one attached hydrogen (secondary N) is 1. The zero-order valence-electron chi connectivity index (χ0n) is 18.2. The van der Waals surface area contributed by atoms with Crippen LogP contribution >= 0.6 is 11.5 Å². The maximum atomic E-state index is 13.8. The maximum absolute atomic E-state index is 13.8. The van der Waals surface area contributed by atoms with E-state index in [1.165, 1.54) is 4.90 Å². The van der Waals surface area contributed by atoms with Gasteiger partial charge in [-0.25, -0.2) is 0 Å². The van der Waals surface area contributed by atoms with Crippen LogP contribution in [0.4, 0.5) is 11.4 Å². The summed E-state index contributed by atoms with van der Waals surface area (Å²) >= 11 is 0.763. The number of amides is 3. The van der Waals surface area contributed by atoms with Gasteiger partial charge in [0, 0.05) is 31.2 Å². The number of pyridine rings is 1. The second-order valence-corrected chi connectivity index (χ2v) is 8.49. The summed E-state index contributed by atoms with van der Waals surface area (Å²) in [6.45, 7) is 0.988. The molecule has 0 spiro atoms. The van der Waals surface area contributed by atoms with E-state index in [2.05, 4.69) is 14.7 Å². The van der Waals surface area contributed by atoms with Gasteiger partial charge in [0.25, 0.3) is 11.8 Å². The number of hydrogen-bond acceptors (Lipinski definition) is 8. The van der Waals surface area contributed by atoms with Crippen molar-refractivity contribution < 1.29 is 19.1 Å². The predicted molar refractivity (Wildman–Crippen MR) is 127 cm³/mol. The molecule has 1 aromatic carbocycles. The number of benzene rings is 1. The average Bonchev–Trinajstić information content (AvgIpc) is 3.51. The molecule has 4 rings (SSSR count). The van der Waals surface area contributed by atoms with E-state index in [0.29, 0.717) is 24.4 Å². The zero-order valence-corrected chi connectivity index (χ0v) is 19.0. The van der Waals surface area contributed by atoms with Crippen molar-refractivity contribution in [2.75, 3.05) is 23.8 Å². The highest BCUT2D eigenvalue weighted by molar-refractivity contribution is 7.09. The van der Waals surface area contributed by atoms with Crippen molar-refractivity contribution in [2.24, 2.45) is 5.73 Å². The van der Waals surface area contributed by atoms with Crippen LogP contribution in [0.1, 0.15) is 44.6 Å². The normalized spacial score (nSPS) is 16.1. The molecule has 2 aromatic heterocycles. The van der Waals surface area contributed by atoms with Gasteiger partial charge in [-0.2, -0.15) is 4.37 Å². The minimum Gasteiger partial charge on any atom is -0.395 e. The first-order valence-electron chi connectivity index (χ1n) is 10.7. The quantitative estimate of drug-likeness (QED) is 0.445. The van der Waals surface area contributed by atoms with Crippen molar-refractivity contribution in [3.63, 3.8) is 0 Å². The molecule has 11 heteroatoms. The molecule has 3 aromatic rings. The van der Waals surface area contributed by atoms with Gasteiger partial charge in [-0.1, -0.05) is 18.2 Å². The van der Waals surface area contributed by atoms with Crippen LogP contribution in [0.15, 0.2) is 54.9 Å². The zero-order chi connectivity index (χ0) is 24.1. The number of ether oxygens (including phenoxy) is 1. The van der Waals surface area contributed by atoms with Crippen molar-refractivity contribution in [3.8, 4) is 0 Å². The largest absolute Gasteiger partial charge is 0.395 e. The molecular weight excluding hydrogens is 456 g/mol. The summed E-state index contributed by atoms with van der Waals surface area (Å²) in [5.41, 5.74) is 12.1. The van der Waals surface area contributed by atoms with Crippen LogP contribution in [0.2, 0.25) is 0 Å². The highest BCUT2D eigenvalue weighted by atomic mass is 32.1. The predicted octanol–water partition coefficient (Wildman–Crippen LogP) is 1.90. The lowest BCUT2D eigenvalue weighted by Crippen LogP contribution is -2.45.